The molecule has 2 amide bonds. The van der Waals surface area contributed by atoms with Gasteiger partial charge in [0.2, 0.25) is 5.91 Å². The SMILES string of the molecule is Cc1nn(C2CCC(=O)NC2=O)c2cccc(CCN3CC(C)(C)C3)c12. The summed E-state index contributed by atoms with van der Waals surface area (Å²) in [6.07, 6.45) is 1.85. The fraction of sp³-hybridized carbons (Fsp3) is 0.550. The van der Waals surface area contributed by atoms with Crippen LogP contribution in [-0.4, -0.2) is 46.1 Å². The van der Waals surface area contributed by atoms with Crippen molar-refractivity contribution >= 4 is 22.7 Å². The molecule has 0 radical (unpaired) electrons. The average molecular weight is 354 g/mol. The van der Waals surface area contributed by atoms with Crippen molar-refractivity contribution in [3.63, 3.8) is 0 Å². The summed E-state index contributed by atoms with van der Waals surface area (Å²) in [4.78, 5) is 26.2. The van der Waals surface area contributed by atoms with Crippen LogP contribution in [-0.2, 0) is 16.0 Å². The van der Waals surface area contributed by atoms with Crippen molar-refractivity contribution in [1.29, 1.82) is 0 Å². The van der Waals surface area contributed by atoms with Crippen molar-refractivity contribution in [1.82, 2.24) is 20.0 Å². The highest BCUT2D eigenvalue weighted by molar-refractivity contribution is 6.00. The van der Waals surface area contributed by atoms with Crippen molar-refractivity contribution in [2.45, 2.75) is 46.1 Å². The summed E-state index contributed by atoms with van der Waals surface area (Å²) >= 11 is 0. The molecule has 2 fully saturated rings. The van der Waals surface area contributed by atoms with Crippen LogP contribution in [0.1, 0.15) is 44.0 Å². The maximum Gasteiger partial charge on any atom is 0.251 e. The Balaban J connectivity index is 1.60. The summed E-state index contributed by atoms with van der Waals surface area (Å²) in [7, 11) is 0. The Bertz CT molecular complexity index is 875. The number of piperidine rings is 1. The smallest absolute Gasteiger partial charge is 0.251 e. The quantitative estimate of drug-likeness (QED) is 0.855. The summed E-state index contributed by atoms with van der Waals surface area (Å²) < 4.78 is 1.81. The number of nitrogens with zero attached hydrogens (tertiary/aromatic N) is 3. The van der Waals surface area contributed by atoms with Crippen molar-refractivity contribution in [2.75, 3.05) is 19.6 Å². The first-order chi connectivity index (χ1) is 12.3. The molecule has 1 N–H and O–H groups in total. The standard InChI is InChI=1S/C20H26N4O2/c1-13-18-14(9-10-23-11-20(2,3)12-23)5-4-6-15(18)24(22-13)16-7-8-17(25)21-19(16)26/h4-6,16H,7-12H2,1-3H3,(H,21,25,26). The Morgan fingerprint density at radius 1 is 1.27 bits per heavy atom. The second-order valence-corrected chi connectivity index (χ2v) is 8.43. The van der Waals surface area contributed by atoms with E-state index in [9.17, 15) is 9.59 Å². The van der Waals surface area contributed by atoms with Crippen molar-refractivity contribution < 1.29 is 9.59 Å². The lowest BCUT2D eigenvalue weighted by Crippen LogP contribution is -2.53. The van der Waals surface area contributed by atoms with Crippen LogP contribution >= 0.6 is 0 Å². The first-order valence-electron chi connectivity index (χ1n) is 9.37. The zero-order valence-electron chi connectivity index (χ0n) is 15.7. The lowest BCUT2D eigenvalue weighted by atomic mass is 9.84. The van der Waals surface area contributed by atoms with Gasteiger partial charge in [0.05, 0.1) is 11.2 Å². The van der Waals surface area contributed by atoms with Gasteiger partial charge in [-0.25, -0.2) is 0 Å². The van der Waals surface area contributed by atoms with Crippen molar-refractivity contribution in [3.05, 3.63) is 29.5 Å². The molecular weight excluding hydrogens is 328 g/mol. The number of carbonyl (C=O) groups is 2. The molecule has 1 unspecified atom stereocenters. The Kier molecular flexibility index (Phi) is 4.10. The third kappa shape index (κ3) is 3.03. The fourth-order valence-electron chi connectivity index (χ4n) is 4.42. The van der Waals surface area contributed by atoms with Crippen molar-refractivity contribution in [2.24, 2.45) is 5.41 Å². The topological polar surface area (TPSA) is 67.2 Å². The van der Waals surface area contributed by atoms with Gasteiger partial charge < -0.3 is 4.90 Å². The normalized spacial score (nSPS) is 23.1. The molecular formula is C20H26N4O2. The molecule has 0 bridgehead atoms. The van der Waals surface area contributed by atoms with Gasteiger partial charge in [0.1, 0.15) is 6.04 Å². The van der Waals surface area contributed by atoms with E-state index in [1.165, 1.54) is 5.56 Å². The van der Waals surface area contributed by atoms with Crippen LogP contribution in [0.5, 0.6) is 0 Å². The highest BCUT2D eigenvalue weighted by atomic mass is 16.2. The minimum atomic E-state index is -0.407. The van der Waals surface area contributed by atoms with Gasteiger partial charge in [-0.3, -0.25) is 19.6 Å². The van der Waals surface area contributed by atoms with E-state index in [2.05, 4.69) is 35.2 Å². The molecule has 2 aromatic rings. The van der Waals surface area contributed by atoms with Gasteiger partial charge in [-0.1, -0.05) is 26.0 Å². The van der Waals surface area contributed by atoms with Gasteiger partial charge in [-0.2, -0.15) is 5.10 Å². The molecule has 6 nitrogen and oxygen atoms in total. The first kappa shape index (κ1) is 17.2. The highest BCUT2D eigenvalue weighted by Gasteiger charge is 2.34. The number of fused-ring (bicyclic) bond motifs is 1. The second-order valence-electron chi connectivity index (χ2n) is 8.43. The number of benzene rings is 1. The van der Waals surface area contributed by atoms with E-state index >= 15 is 0 Å². The van der Waals surface area contributed by atoms with Crippen LogP contribution in [0.15, 0.2) is 18.2 Å². The first-order valence-corrected chi connectivity index (χ1v) is 9.37. The lowest BCUT2D eigenvalue weighted by Gasteiger charge is -2.46. The van der Waals surface area contributed by atoms with Crippen LogP contribution in [0.25, 0.3) is 10.9 Å². The molecule has 1 atom stereocenters. The molecule has 138 valence electrons. The van der Waals surface area contributed by atoms with Gasteiger partial charge in [0.25, 0.3) is 5.91 Å². The molecule has 4 rings (SSSR count). The minimum Gasteiger partial charge on any atom is -0.302 e. The van der Waals surface area contributed by atoms with Gasteiger partial charge in [0, 0.05) is 31.4 Å². The maximum absolute atomic E-state index is 12.3. The van der Waals surface area contributed by atoms with Crippen LogP contribution < -0.4 is 5.32 Å². The fourth-order valence-corrected chi connectivity index (χ4v) is 4.42. The summed E-state index contributed by atoms with van der Waals surface area (Å²) in [6.45, 7) is 9.96. The molecule has 0 spiro atoms. The van der Waals surface area contributed by atoms with E-state index in [0.29, 0.717) is 18.3 Å². The Hall–Kier alpha value is -2.21. The molecule has 0 aliphatic carbocycles. The predicted molar refractivity (Wildman–Crippen MR) is 99.8 cm³/mol. The van der Waals surface area contributed by atoms with Crippen LogP contribution in [0.3, 0.4) is 0 Å². The van der Waals surface area contributed by atoms with E-state index in [1.807, 2.05) is 23.7 Å². The summed E-state index contributed by atoms with van der Waals surface area (Å²) in [6, 6.07) is 5.82. The Morgan fingerprint density at radius 2 is 2.04 bits per heavy atom. The number of hydrogen-bond donors (Lipinski definition) is 1. The Labute approximate surface area is 153 Å². The number of rotatable bonds is 4. The largest absolute Gasteiger partial charge is 0.302 e. The third-order valence-electron chi connectivity index (χ3n) is 5.50. The van der Waals surface area contributed by atoms with E-state index < -0.39 is 6.04 Å². The summed E-state index contributed by atoms with van der Waals surface area (Å²) in [5.41, 5.74) is 3.66. The van der Waals surface area contributed by atoms with Crippen LogP contribution in [0.4, 0.5) is 0 Å². The van der Waals surface area contributed by atoms with E-state index in [-0.39, 0.29) is 11.8 Å². The monoisotopic (exact) mass is 354 g/mol. The Morgan fingerprint density at radius 3 is 2.73 bits per heavy atom. The molecule has 2 aliphatic heterocycles. The second kappa shape index (κ2) is 6.20. The number of amides is 2. The van der Waals surface area contributed by atoms with Gasteiger partial charge >= 0.3 is 0 Å². The zero-order valence-corrected chi connectivity index (χ0v) is 15.7. The number of aromatic nitrogens is 2. The number of hydrogen-bond acceptors (Lipinski definition) is 4. The molecule has 26 heavy (non-hydrogen) atoms. The average Bonchev–Trinajstić information content (AvgIpc) is 2.88. The van der Waals surface area contributed by atoms with Gasteiger partial charge in [-0.05, 0) is 36.8 Å². The zero-order chi connectivity index (χ0) is 18.5. The molecule has 1 aromatic carbocycles. The number of likely N-dealkylation sites (tertiary alicyclic amines) is 1. The van der Waals surface area contributed by atoms with E-state index in [4.69, 9.17) is 0 Å². The molecule has 0 saturated carbocycles. The van der Waals surface area contributed by atoms with Crippen molar-refractivity contribution in [3.8, 4) is 0 Å². The highest BCUT2D eigenvalue weighted by Crippen LogP contribution is 2.31. The molecule has 6 heteroatoms. The van der Waals surface area contributed by atoms with Gasteiger partial charge in [0.15, 0.2) is 0 Å². The van der Waals surface area contributed by atoms with Crippen LogP contribution in [0.2, 0.25) is 0 Å². The number of aryl methyl sites for hydroxylation is 1. The van der Waals surface area contributed by atoms with E-state index in [1.54, 1.807) is 0 Å². The molecule has 3 heterocycles. The number of carbonyl (C=O) groups excluding carboxylic acids is 2. The molecule has 1 aromatic heterocycles. The van der Waals surface area contributed by atoms with Gasteiger partial charge in [-0.15, -0.1) is 0 Å². The number of imide groups is 1. The third-order valence-corrected chi connectivity index (χ3v) is 5.50. The summed E-state index contributed by atoms with van der Waals surface area (Å²) in [5.74, 6) is -0.448. The number of nitrogens with one attached hydrogen (secondary N) is 1. The molecule has 2 saturated heterocycles. The maximum atomic E-state index is 12.3. The van der Waals surface area contributed by atoms with Crippen LogP contribution in [0, 0.1) is 12.3 Å². The summed E-state index contributed by atoms with van der Waals surface area (Å²) in [5, 5.41) is 8.25. The molecule has 2 aliphatic rings. The van der Waals surface area contributed by atoms with E-state index in [0.717, 1.165) is 42.7 Å². The predicted octanol–water partition coefficient (Wildman–Crippen LogP) is 2.21. The lowest BCUT2D eigenvalue weighted by molar-refractivity contribution is -0.135. The minimum absolute atomic E-state index is 0.197.